The summed E-state index contributed by atoms with van der Waals surface area (Å²) in [5, 5.41) is 22.5. The highest BCUT2D eigenvalue weighted by atomic mass is 16.5. The summed E-state index contributed by atoms with van der Waals surface area (Å²) in [4.78, 5) is 22.5. The van der Waals surface area contributed by atoms with E-state index in [0.29, 0.717) is 0 Å². The molecular formula is C20H28O5-2. The maximum Gasteiger partial charge on any atom is 0.0738 e. The number of hydrogen-bond acceptors (Lipinski definition) is 5. The van der Waals surface area contributed by atoms with Crippen LogP contribution in [0.2, 0.25) is 0 Å². The lowest BCUT2D eigenvalue weighted by atomic mass is 9.72. The van der Waals surface area contributed by atoms with Gasteiger partial charge in [0, 0.05) is 5.57 Å². The van der Waals surface area contributed by atoms with Crippen LogP contribution in [0.5, 0.6) is 0 Å². The lowest BCUT2D eigenvalue weighted by Gasteiger charge is -2.35. The Morgan fingerprint density at radius 2 is 1.28 bits per heavy atom. The van der Waals surface area contributed by atoms with Crippen LogP contribution in [0.25, 0.3) is 0 Å². The highest BCUT2D eigenvalue weighted by Gasteiger charge is 2.29. The second kappa shape index (κ2) is 9.76. The van der Waals surface area contributed by atoms with Crippen molar-refractivity contribution in [2.24, 2.45) is 11.8 Å². The van der Waals surface area contributed by atoms with Crippen LogP contribution in [0, 0.1) is 11.8 Å². The molecule has 2 aliphatic rings. The van der Waals surface area contributed by atoms with E-state index in [0.717, 1.165) is 56.9 Å². The summed E-state index contributed by atoms with van der Waals surface area (Å²) < 4.78 is 5.34. The number of carbonyl (C=O) groups excluding carboxylic acids is 2. The molecule has 0 amide bonds. The van der Waals surface area contributed by atoms with Crippen molar-refractivity contribution in [1.29, 1.82) is 0 Å². The molecule has 0 aromatic heterocycles. The molecule has 2 saturated carbocycles. The number of carbonyl (C=O) groups is 2. The normalized spacial score (nSPS) is 19.4. The van der Waals surface area contributed by atoms with E-state index in [1.165, 1.54) is 12.8 Å². The highest BCUT2D eigenvalue weighted by molar-refractivity contribution is 5.86. The molecule has 2 rings (SSSR count). The molecule has 0 aromatic rings. The Bertz CT molecular complexity index is 502. The number of allylic oxidation sites excluding steroid dienone is 1. The predicted octanol–water partition coefficient (Wildman–Crippen LogP) is 1.52. The van der Waals surface area contributed by atoms with E-state index in [9.17, 15) is 19.8 Å². The number of carboxylic acid groups (broad SMARTS) is 2. The summed E-state index contributed by atoms with van der Waals surface area (Å²) >= 11 is 0. The van der Waals surface area contributed by atoms with E-state index in [1.54, 1.807) is 0 Å². The zero-order chi connectivity index (χ0) is 18.2. The Morgan fingerprint density at radius 1 is 0.800 bits per heavy atom. The number of aliphatic carboxylic acids is 2. The highest BCUT2D eigenvalue weighted by Crippen LogP contribution is 2.41. The van der Waals surface area contributed by atoms with E-state index >= 15 is 0 Å². The van der Waals surface area contributed by atoms with Gasteiger partial charge in [-0.3, -0.25) is 0 Å². The van der Waals surface area contributed by atoms with Crippen LogP contribution in [0.3, 0.4) is 0 Å². The van der Waals surface area contributed by atoms with Crippen LogP contribution in [0.4, 0.5) is 0 Å². The Hall–Kier alpha value is -1.62. The first kappa shape index (κ1) is 19.7. The fraction of sp³-hybridized carbons (Fsp3) is 0.700. The van der Waals surface area contributed by atoms with Crippen molar-refractivity contribution in [2.45, 2.75) is 64.2 Å². The summed E-state index contributed by atoms with van der Waals surface area (Å²) in [6.07, 6.45) is 11.0. The van der Waals surface area contributed by atoms with Gasteiger partial charge in [0.2, 0.25) is 0 Å². The molecule has 5 heteroatoms. The maximum absolute atomic E-state index is 11.8. The molecule has 0 bridgehead atoms. The molecule has 2 aliphatic carbocycles. The van der Waals surface area contributed by atoms with Crippen LogP contribution < -0.4 is 10.2 Å². The average Bonchev–Trinajstić information content (AvgIpc) is 2.62. The van der Waals surface area contributed by atoms with E-state index in [4.69, 9.17) is 4.74 Å². The first-order chi connectivity index (χ1) is 12.0. The zero-order valence-corrected chi connectivity index (χ0v) is 14.9. The van der Waals surface area contributed by atoms with E-state index in [-0.39, 0.29) is 36.2 Å². The first-order valence-corrected chi connectivity index (χ1v) is 9.41. The zero-order valence-electron chi connectivity index (χ0n) is 14.9. The minimum Gasteiger partial charge on any atom is -0.545 e. The van der Waals surface area contributed by atoms with Crippen molar-refractivity contribution in [3.63, 3.8) is 0 Å². The van der Waals surface area contributed by atoms with Gasteiger partial charge in [-0.2, -0.15) is 0 Å². The standard InChI is InChI=1S/C20H30O5/c1-14(19(21)22)12-25-13-17(20(23)24)18(15-8-4-2-5-9-15)16-10-6-3-7-11-16/h15-16H,1-13H2,(H,21,22)(H,23,24)/p-2. The fourth-order valence-corrected chi connectivity index (χ4v) is 4.25. The number of hydrogen-bond donors (Lipinski definition) is 0. The van der Waals surface area contributed by atoms with Crippen molar-refractivity contribution in [3.8, 4) is 0 Å². The molecular weight excluding hydrogens is 320 g/mol. The van der Waals surface area contributed by atoms with Crippen molar-refractivity contribution in [3.05, 3.63) is 23.3 Å². The molecule has 5 nitrogen and oxygen atoms in total. The lowest BCUT2D eigenvalue weighted by Crippen LogP contribution is -2.33. The molecule has 2 fully saturated rings. The molecule has 0 saturated heterocycles. The smallest absolute Gasteiger partial charge is 0.0738 e. The molecule has 0 heterocycles. The number of rotatable bonds is 8. The van der Waals surface area contributed by atoms with Gasteiger partial charge >= 0.3 is 0 Å². The topological polar surface area (TPSA) is 89.5 Å². The van der Waals surface area contributed by atoms with E-state index in [2.05, 4.69) is 6.58 Å². The maximum atomic E-state index is 11.8. The van der Waals surface area contributed by atoms with Crippen LogP contribution in [-0.2, 0) is 14.3 Å². The third kappa shape index (κ3) is 5.70. The van der Waals surface area contributed by atoms with Gasteiger partial charge in [0.05, 0.1) is 25.2 Å². The Morgan fingerprint density at radius 3 is 1.68 bits per heavy atom. The SMILES string of the molecule is C=C(COCC(C(=O)[O-])=C(C1CCCCC1)C1CCCCC1)C(=O)[O-]. The van der Waals surface area contributed by atoms with Crippen LogP contribution in [0.1, 0.15) is 64.2 Å². The summed E-state index contributed by atoms with van der Waals surface area (Å²) in [6, 6.07) is 0. The van der Waals surface area contributed by atoms with Gasteiger partial charge < -0.3 is 24.5 Å². The summed E-state index contributed by atoms with van der Waals surface area (Å²) in [6.45, 7) is 2.99. The molecule has 140 valence electrons. The second-order valence-corrected chi connectivity index (χ2v) is 7.28. The fourth-order valence-electron chi connectivity index (χ4n) is 4.25. The molecule has 0 aliphatic heterocycles. The number of carboxylic acids is 2. The third-order valence-electron chi connectivity index (χ3n) is 5.50. The molecule has 0 atom stereocenters. The predicted molar refractivity (Wildman–Crippen MR) is 90.1 cm³/mol. The molecule has 0 N–H and O–H groups in total. The Labute approximate surface area is 149 Å². The number of ether oxygens (including phenoxy) is 1. The molecule has 0 radical (unpaired) electrons. The summed E-state index contributed by atoms with van der Waals surface area (Å²) in [7, 11) is 0. The molecule has 25 heavy (non-hydrogen) atoms. The minimum atomic E-state index is -1.38. The Balaban J connectivity index is 2.20. The van der Waals surface area contributed by atoms with Crippen molar-refractivity contribution < 1.29 is 24.5 Å². The quantitative estimate of drug-likeness (QED) is 0.620. The van der Waals surface area contributed by atoms with Gasteiger partial charge in [0.15, 0.2) is 0 Å². The van der Waals surface area contributed by atoms with Crippen LogP contribution in [-0.4, -0.2) is 25.2 Å². The van der Waals surface area contributed by atoms with E-state index in [1.807, 2.05) is 0 Å². The van der Waals surface area contributed by atoms with Crippen LogP contribution >= 0.6 is 0 Å². The summed E-state index contributed by atoms with van der Waals surface area (Å²) in [5.74, 6) is -1.99. The van der Waals surface area contributed by atoms with E-state index < -0.39 is 11.9 Å². The van der Waals surface area contributed by atoms with Crippen LogP contribution in [0.15, 0.2) is 23.3 Å². The van der Waals surface area contributed by atoms with Crippen molar-refractivity contribution in [2.75, 3.05) is 13.2 Å². The minimum absolute atomic E-state index is 0.128. The van der Waals surface area contributed by atoms with Gasteiger partial charge in [-0.1, -0.05) is 50.7 Å². The molecule has 0 unspecified atom stereocenters. The largest absolute Gasteiger partial charge is 0.545 e. The summed E-state index contributed by atoms with van der Waals surface area (Å²) in [5.41, 5.74) is 1.05. The second-order valence-electron chi connectivity index (χ2n) is 7.28. The van der Waals surface area contributed by atoms with Gasteiger partial charge in [-0.05, 0) is 43.1 Å². The van der Waals surface area contributed by atoms with Gasteiger partial charge in [-0.25, -0.2) is 0 Å². The third-order valence-corrected chi connectivity index (χ3v) is 5.50. The van der Waals surface area contributed by atoms with Gasteiger partial charge in [0.25, 0.3) is 0 Å². The monoisotopic (exact) mass is 348 g/mol. The average molecular weight is 348 g/mol. The lowest BCUT2D eigenvalue weighted by molar-refractivity contribution is -0.300. The van der Waals surface area contributed by atoms with Gasteiger partial charge in [-0.15, -0.1) is 0 Å². The first-order valence-electron chi connectivity index (χ1n) is 9.41. The van der Waals surface area contributed by atoms with Gasteiger partial charge in [0.1, 0.15) is 0 Å². The molecule has 0 aromatic carbocycles. The molecule has 0 spiro atoms. The van der Waals surface area contributed by atoms with Crippen molar-refractivity contribution >= 4 is 11.9 Å². The van der Waals surface area contributed by atoms with Crippen molar-refractivity contribution in [1.82, 2.24) is 0 Å². The Kier molecular flexibility index (Phi) is 7.69.